The minimum atomic E-state index is -3.41. The predicted octanol–water partition coefficient (Wildman–Crippen LogP) is 0.589. The molecule has 0 N–H and O–H groups in total. The van der Waals surface area contributed by atoms with Crippen molar-refractivity contribution in [2.45, 2.75) is 11.3 Å². The van der Waals surface area contributed by atoms with Crippen LogP contribution in [-0.4, -0.2) is 33.1 Å². The summed E-state index contributed by atoms with van der Waals surface area (Å²) in [6, 6.07) is 6.30. The first kappa shape index (κ1) is 11.9. The second-order valence-electron chi connectivity index (χ2n) is 3.26. The van der Waals surface area contributed by atoms with Gasteiger partial charge < -0.3 is 0 Å². The fourth-order valence-corrected chi connectivity index (χ4v) is 2.08. The number of nitrogens with zero attached hydrogens (tertiary/aromatic N) is 1. The molecule has 0 amide bonds. The van der Waals surface area contributed by atoms with Crippen LogP contribution in [0.25, 0.3) is 0 Å². The van der Waals surface area contributed by atoms with E-state index in [0.717, 1.165) is 4.31 Å². The molecule has 0 fully saturated rings. The zero-order valence-electron chi connectivity index (χ0n) is 8.60. The third-order valence-corrected chi connectivity index (χ3v) is 3.76. The number of benzene rings is 1. The second-order valence-corrected chi connectivity index (χ2v) is 5.41. The Hall–Kier alpha value is -1.20. The molecule has 4 nitrogen and oxygen atoms in total. The summed E-state index contributed by atoms with van der Waals surface area (Å²) in [6.07, 6.45) is 1.84. The highest BCUT2D eigenvalue weighted by atomic mass is 32.2. The van der Waals surface area contributed by atoms with Gasteiger partial charge in [-0.15, -0.1) is 0 Å². The normalized spacial score (nSPS) is 11.7. The smallest absolute Gasteiger partial charge is 0.242 e. The van der Waals surface area contributed by atoms with E-state index in [1.165, 1.54) is 26.2 Å². The van der Waals surface area contributed by atoms with Crippen molar-refractivity contribution in [3.05, 3.63) is 29.8 Å². The van der Waals surface area contributed by atoms with Crippen molar-refractivity contribution in [3.63, 3.8) is 0 Å². The van der Waals surface area contributed by atoms with E-state index in [0.29, 0.717) is 5.56 Å². The summed E-state index contributed by atoms with van der Waals surface area (Å²) >= 11 is 0. The largest absolute Gasteiger partial charge is 0.291 e. The molecule has 81 valence electrons. The Bertz CT molecular complexity index is 451. The van der Waals surface area contributed by atoms with Gasteiger partial charge in [0.15, 0.2) is 0 Å². The summed E-state index contributed by atoms with van der Waals surface area (Å²) in [7, 11) is -0.482. The van der Waals surface area contributed by atoms with Crippen LogP contribution in [0.2, 0.25) is 0 Å². The Morgan fingerprint density at radius 1 is 1.33 bits per heavy atom. The maximum Gasteiger partial charge on any atom is 0.242 e. The Morgan fingerprint density at radius 3 is 2.53 bits per heavy atom. The molecule has 1 radical (unpaired) electrons. The summed E-state index contributed by atoms with van der Waals surface area (Å²) in [5, 5.41) is 0. The number of sulfonamides is 1. The van der Waals surface area contributed by atoms with Crippen molar-refractivity contribution in [1.29, 1.82) is 0 Å². The molecule has 0 heterocycles. The van der Waals surface area contributed by atoms with Gasteiger partial charge in [-0.05, 0) is 17.7 Å². The summed E-state index contributed by atoms with van der Waals surface area (Å²) in [5.41, 5.74) is 0.646. The first-order valence-electron chi connectivity index (χ1n) is 4.35. The van der Waals surface area contributed by atoms with Crippen LogP contribution >= 0.6 is 0 Å². The molecular weight excluding hydrogens is 214 g/mol. The molecule has 0 aliphatic rings. The predicted molar refractivity (Wildman–Crippen MR) is 56.7 cm³/mol. The van der Waals surface area contributed by atoms with Gasteiger partial charge in [-0.1, -0.05) is 12.1 Å². The highest BCUT2D eigenvalue weighted by Crippen LogP contribution is 2.14. The van der Waals surface area contributed by atoms with Crippen molar-refractivity contribution in [2.75, 3.05) is 14.1 Å². The fourth-order valence-electron chi connectivity index (χ4n) is 1.11. The van der Waals surface area contributed by atoms with Crippen molar-refractivity contribution in [1.82, 2.24) is 4.31 Å². The van der Waals surface area contributed by atoms with Crippen molar-refractivity contribution in [3.8, 4) is 0 Å². The monoisotopic (exact) mass is 226 g/mol. The minimum Gasteiger partial charge on any atom is -0.291 e. The van der Waals surface area contributed by atoms with E-state index in [9.17, 15) is 13.2 Å². The van der Waals surface area contributed by atoms with Gasteiger partial charge in [-0.2, -0.15) is 0 Å². The van der Waals surface area contributed by atoms with Crippen LogP contribution in [0.4, 0.5) is 0 Å². The van der Waals surface area contributed by atoms with Crippen LogP contribution < -0.4 is 0 Å². The molecule has 0 bridgehead atoms. The molecule has 0 unspecified atom stereocenters. The maximum absolute atomic E-state index is 11.7. The van der Waals surface area contributed by atoms with Crippen LogP contribution in [0.5, 0.6) is 0 Å². The van der Waals surface area contributed by atoms with Crippen LogP contribution in [0.15, 0.2) is 29.2 Å². The Labute approximate surface area is 89.6 Å². The third-order valence-electron chi connectivity index (χ3n) is 1.95. The zero-order valence-corrected chi connectivity index (χ0v) is 9.41. The SMILES string of the molecule is CN(C)S(=O)(=O)c1cccc(C[C]=O)c1. The molecule has 0 saturated carbocycles. The number of carbonyl (C=O) groups excluding carboxylic acids is 1. The van der Waals surface area contributed by atoms with Crippen LogP contribution in [0.3, 0.4) is 0 Å². The lowest BCUT2D eigenvalue weighted by Crippen LogP contribution is -2.22. The van der Waals surface area contributed by atoms with E-state index < -0.39 is 10.0 Å². The highest BCUT2D eigenvalue weighted by molar-refractivity contribution is 7.89. The van der Waals surface area contributed by atoms with Gasteiger partial charge in [0, 0.05) is 20.5 Å². The van der Waals surface area contributed by atoms with Crippen molar-refractivity contribution < 1.29 is 13.2 Å². The van der Waals surface area contributed by atoms with Gasteiger partial charge in [0.1, 0.15) is 0 Å². The molecule has 0 aromatic heterocycles. The van der Waals surface area contributed by atoms with E-state index >= 15 is 0 Å². The molecule has 1 aromatic rings. The third kappa shape index (κ3) is 2.64. The lowest BCUT2D eigenvalue weighted by atomic mass is 10.2. The fraction of sp³-hybridized carbons (Fsp3) is 0.300. The molecular formula is C10H12NO3S. The van der Waals surface area contributed by atoms with Crippen molar-refractivity contribution in [2.24, 2.45) is 0 Å². The van der Waals surface area contributed by atoms with Gasteiger partial charge in [-0.25, -0.2) is 12.7 Å². The maximum atomic E-state index is 11.7. The van der Waals surface area contributed by atoms with Gasteiger partial charge >= 0.3 is 0 Å². The molecule has 0 aliphatic carbocycles. The van der Waals surface area contributed by atoms with E-state index in [-0.39, 0.29) is 11.3 Å². The van der Waals surface area contributed by atoms with E-state index in [4.69, 9.17) is 0 Å². The standard InChI is InChI=1S/C10H12NO3S/c1-11(2)15(13,14)10-5-3-4-9(8-10)6-7-12/h3-5,8H,6H2,1-2H3. The summed E-state index contributed by atoms with van der Waals surface area (Å²) in [4.78, 5) is 10.4. The summed E-state index contributed by atoms with van der Waals surface area (Å²) in [5.74, 6) is 0. The molecule has 1 aromatic carbocycles. The molecule has 0 aliphatic heterocycles. The van der Waals surface area contributed by atoms with Gasteiger partial charge in [-0.3, -0.25) is 4.79 Å². The van der Waals surface area contributed by atoms with E-state index in [1.807, 2.05) is 0 Å². The number of rotatable bonds is 4. The summed E-state index contributed by atoms with van der Waals surface area (Å²) in [6.45, 7) is 0. The molecule has 0 atom stereocenters. The highest BCUT2D eigenvalue weighted by Gasteiger charge is 2.16. The van der Waals surface area contributed by atoms with Crippen LogP contribution in [-0.2, 0) is 21.2 Å². The molecule has 0 saturated heterocycles. The second kappa shape index (κ2) is 4.55. The molecule has 0 spiro atoms. The number of hydrogen-bond acceptors (Lipinski definition) is 3. The Morgan fingerprint density at radius 2 is 2.00 bits per heavy atom. The minimum absolute atomic E-state index is 0.108. The Balaban J connectivity index is 3.16. The van der Waals surface area contributed by atoms with Gasteiger partial charge in [0.2, 0.25) is 16.3 Å². The van der Waals surface area contributed by atoms with Gasteiger partial charge in [0.25, 0.3) is 0 Å². The first-order valence-corrected chi connectivity index (χ1v) is 5.79. The van der Waals surface area contributed by atoms with Crippen LogP contribution in [0, 0.1) is 0 Å². The summed E-state index contributed by atoms with van der Waals surface area (Å²) < 4.78 is 24.6. The average molecular weight is 226 g/mol. The van der Waals surface area contributed by atoms with Gasteiger partial charge in [0.05, 0.1) is 4.90 Å². The van der Waals surface area contributed by atoms with Crippen LogP contribution in [0.1, 0.15) is 5.56 Å². The van der Waals surface area contributed by atoms with E-state index in [2.05, 4.69) is 0 Å². The quantitative estimate of drug-likeness (QED) is 0.755. The van der Waals surface area contributed by atoms with E-state index in [1.54, 1.807) is 18.4 Å². The number of hydrogen-bond donors (Lipinski definition) is 0. The lowest BCUT2D eigenvalue weighted by Gasteiger charge is -2.11. The molecule has 1 rings (SSSR count). The molecule has 15 heavy (non-hydrogen) atoms. The first-order chi connectivity index (χ1) is 6.98. The zero-order chi connectivity index (χ0) is 11.5. The topological polar surface area (TPSA) is 54.5 Å². The Kier molecular flexibility index (Phi) is 3.60. The molecule has 5 heteroatoms. The lowest BCUT2D eigenvalue weighted by molar-refractivity contribution is 0.520. The van der Waals surface area contributed by atoms with Crippen molar-refractivity contribution >= 4 is 16.3 Å². The average Bonchev–Trinajstić information content (AvgIpc) is 2.18.